The summed E-state index contributed by atoms with van der Waals surface area (Å²) in [6.07, 6.45) is 1.49. The molecule has 4 aromatic rings. The lowest BCUT2D eigenvalue weighted by atomic mass is 10.1. The summed E-state index contributed by atoms with van der Waals surface area (Å²) in [5.74, 6) is 0.663. The Morgan fingerprint density at radius 2 is 1.81 bits per heavy atom. The van der Waals surface area contributed by atoms with Crippen LogP contribution in [0.5, 0.6) is 0 Å². The van der Waals surface area contributed by atoms with Crippen molar-refractivity contribution in [2.75, 3.05) is 0 Å². The van der Waals surface area contributed by atoms with Crippen LogP contribution < -0.4 is 0 Å². The summed E-state index contributed by atoms with van der Waals surface area (Å²) in [5.41, 5.74) is 2.86. The van der Waals surface area contributed by atoms with Crippen molar-refractivity contribution in [1.29, 1.82) is 0 Å². The van der Waals surface area contributed by atoms with Crippen LogP contribution in [0.25, 0.3) is 22.4 Å². The Bertz CT molecular complexity index is 1240. The SMILES string of the molecule is Cc1ccc(S(=O)(=O)n2ncc3c(-c4nnc(CCl)o4)cc(C)cc32)cc1. The standard InChI is InChI=1S/C18H15ClN4O3S/c1-11-3-5-13(6-4-11)27(24,25)23-16-8-12(2)7-14(15(16)10-20-23)18-22-21-17(9-19)26-18/h3-8,10H,9H2,1-2H3. The van der Waals surface area contributed by atoms with E-state index in [-0.39, 0.29) is 16.7 Å². The Morgan fingerprint density at radius 1 is 1.07 bits per heavy atom. The minimum Gasteiger partial charge on any atom is -0.419 e. The maximum Gasteiger partial charge on any atom is 0.283 e. The fourth-order valence-corrected chi connectivity index (χ4v) is 4.21. The average Bonchev–Trinajstić information content (AvgIpc) is 3.28. The van der Waals surface area contributed by atoms with Gasteiger partial charge in [0.2, 0.25) is 11.8 Å². The van der Waals surface area contributed by atoms with Gasteiger partial charge < -0.3 is 4.42 Å². The number of alkyl halides is 1. The number of aromatic nitrogens is 4. The molecule has 0 N–H and O–H groups in total. The van der Waals surface area contributed by atoms with Crippen molar-refractivity contribution in [3.05, 3.63) is 59.6 Å². The molecular weight excluding hydrogens is 388 g/mol. The van der Waals surface area contributed by atoms with E-state index in [4.69, 9.17) is 16.0 Å². The second-order valence-corrected chi connectivity index (χ2v) is 8.22. The lowest BCUT2D eigenvalue weighted by Gasteiger charge is -2.07. The van der Waals surface area contributed by atoms with E-state index in [2.05, 4.69) is 15.3 Å². The number of hydrogen-bond acceptors (Lipinski definition) is 6. The summed E-state index contributed by atoms with van der Waals surface area (Å²) >= 11 is 5.73. The highest BCUT2D eigenvalue weighted by molar-refractivity contribution is 7.90. The molecule has 2 aromatic heterocycles. The van der Waals surface area contributed by atoms with Gasteiger partial charge in [-0.25, -0.2) is 0 Å². The van der Waals surface area contributed by atoms with Gasteiger partial charge in [0, 0.05) is 5.39 Å². The molecule has 0 aliphatic carbocycles. The molecular formula is C18H15ClN4O3S. The number of halogens is 1. The molecule has 0 radical (unpaired) electrons. The third-order valence-corrected chi connectivity index (χ3v) is 6.00. The van der Waals surface area contributed by atoms with Gasteiger partial charge in [-0.1, -0.05) is 17.7 Å². The monoisotopic (exact) mass is 402 g/mol. The van der Waals surface area contributed by atoms with Crippen LogP contribution >= 0.6 is 11.6 Å². The summed E-state index contributed by atoms with van der Waals surface area (Å²) < 4.78 is 32.7. The molecule has 7 nitrogen and oxygen atoms in total. The van der Waals surface area contributed by atoms with Crippen LogP contribution in [-0.4, -0.2) is 27.8 Å². The topological polar surface area (TPSA) is 90.9 Å². The van der Waals surface area contributed by atoms with Gasteiger partial charge in [-0.05, 0) is 43.7 Å². The maximum atomic E-state index is 13.1. The molecule has 4 rings (SSSR count). The van der Waals surface area contributed by atoms with Crippen LogP contribution in [0.3, 0.4) is 0 Å². The summed E-state index contributed by atoms with van der Waals surface area (Å²) in [4.78, 5) is 0.170. The van der Waals surface area contributed by atoms with Crippen LogP contribution in [-0.2, 0) is 15.9 Å². The molecule has 138 valence electrons. The van der Waals surface area contributed by atoms with E-state index in [9.17, 15) is 8.42 Å². The van der Waals surface area contributed by atoms with Crippen molar-refractivity contribution >= 4 is 32.5 Å². The Labute approximate surface area is 160 Å². The molecule has 0 spiro atoms. The van der Waals surface area contributed by atoms with Crippen molar-refractivity contribution in [1.82, 2.24) is 19.4 Å². The van der Waals surface area contributed by atoms with E-state index in [1.807, 2.05) is 19.9 Å². The minimum absolute atomic E-state index is 0.100. The average molecular weight is 403 g/mol. The molecule has 27 heavy (non-hydrogen) atoms. The lowest BCUT2D eigenvalue weighted by molar-refractivity contribution is 0.527. The fraction of sp³-hybridized carbons (Fsp3) is 0.167. The Balaban J connectivity index is 1.92. The van der Waals surface area contributed by atoms with Crippen LogP contribution in [0.15, 0.2) is 51.9 Å². The molecule has 9 heteroatoms. The highest BCUT2D eigenvalue weighted by Crippen LogP contribution is 2.31. The Kier molecular flexibility index (Phi) is 4.24. The number of benzene rings is 2. The molecule has 0 saturated carbocycles. The van der Waals surface area contributed by atoms with Crippen LogP contribution in [0.4, 0.5) is 0 Å². The van der Waals surface area contributed by atoms with Crippen molar-refractivity contribution in [3.63, 3.8) is 0 Å². The minimum atomic E-state index is -3.84. The van der Waals surface area contributed by atoms with Gasteiger partial charge >= 0.3 is 0 Å². The zero-order chi connectivity index (χ0) is 19.2. The third kappa shape index (κ3) is 3.00. The molecule has 0 bridgehead atoms. The summed E-state index contributed by atoms with van der Waals surface area (Å²) in [6.45, 7) is 3.76. The van der Waals surface area contributed by atoms with Crippen molar-refractivity contribution in [3.8, 4) is 11.5 Å². The van der Waals surface area contributed by atoms with Gasteiger partial charge in [-0.2, -0.15) is 17.6 Å². The Morgan fingerprint density at radius 3 is 2.48 bits per heavy atom. The molecule has 2 aromatic carbocycles. The molecule has 0 fully saturated rings. The molecule has 0 atom stereocenters. The number of aryl methyl sites for hydroxylation is 2. The van der Waals surface area contributed by atoms with Crippen molar-refractivity contribution in [2.45, 2.75) is 24.6 Å². The normalized spacial score (nSPS) is 12.0. The quantitative estimate of drug-likeness (QED) is 0.483. The van der Waals surface area contributed by atoms with Crippen molar-refractivity contribution < 1.29 is 12.8 Å². The molecule has 0 unspecified atom stereocenters. The van der Waals surface area contributed by atoms with Gasteiger partial charge in [0.25, 0.3) is 10.0 Å². The largest absolute Gasteiger partial charge is 0.419 e. The van der Waals surface area contributed by atoms with Crippen LogP contribution in [0.1, 0.15) is 17.0 Å². The number of fused-ring (bicyclic) bond motifs is 1. The van der Waals surface area contributed by atoms with Gasteiger partial charge in [0.15, 0.2) is 0 Å². The van der Waals surface area contributed by atoms with Gasteiger partial charge in [-0.15, -0.1) is 21.8 Å². The smallest absolute Gasteiger partial charge is 0.283 e. The molecule has 0 saturated heterocycles. The first-order chi connectivity index (χ1) is 12.9. The first kappa shape index (κ1) is 17.7. The predicted octanol–water partition coefficient (Wildman–Crippen LogP) is 3.68. The highest BCUT2D eigenvalue weighted by Gasteiger charge is 2.23. The van der Waals surface area contributed by atoms with E-state index in [1.165, 1.54) is 6.20 Å². The first-order valence-corrected chi connectivity index (χ1v) is 10.1. The molecule has 0 aliphatic rings. The zero-order valence-corrected chi connectivity index (χ0v) is 16.1. The predicted molar refractivity (Wildman–Crippen MR) is 101 cm³/mol. The zero-order valence-electron chi connectivity index (χ0n) is 14.5. The summed E-state index contributed by atoms with van der Waals surface area (Å²) in [7, 11) is -3.84. The second-order valence-electron chi connectivity index (χ2n) is 6.19. The van der Waals surface area contributed by atoms with Gasteiger partial charge in [0.05, 0.1) is 22.2 Å². The third-order valence-electron chi connectivity index (χ3n) is 4.16. The lowest BCUT2D eigenvalue weighted by Crippen LogP contribution is -2.14. The van der Waals surface area contributed by atoms with E-state index in [0.29, 0.717) is 22.4 Å². The number of hydrogen-bond donors (Lipinski definition) is 0. The van der Waals surface area contributed by atoms with E-state index in [0.717, 1.165) is 15.2 Å². The van der Waals surface area contributed by atoms with Crippen molar-refractivity contribution in [2.24, 2.45) is 0 Å². The summed E-state index contributed by atoms with van der Waals surface area (Å²) in [6, 6.07) is 10.2. The maximum absolute atomic E-state index is 13.1. The molecule has 2 heterocycles. The van der Waals surface area contributed by atoms with E-state index in [1.54, 1.807) is 30.3 Å². The number of rotatable bonds is 4. The Hall–Kier alpha value is -2.71. The van der Waals surface area contributed by atoms with Crippen LogP contribution in [0.2, 0.25) is 0 Å². The van der Waals surface area contributed by atoms with Crippen LogP contribution in [0, 0.1) is 13.8 Å². The van der Waals surface area contributed by atoms with Gasteiger partial charge in [-0.3, -0.25) is 0 Å². The number of nitrogens with zero attached hydrogens (tertiary/aromatic N) is 4. The summed E-state index contributed by atoms with van der Waals surface area (Å²) in [5, 5.41) is 12.6. The highest BCUT2D eigenvalue weighted by atomic mass is 35.5. The van der Waals surface area contributed by atoms with E-state index >= 15 is 0 Å². The first-order valence-electron chi connectivity index (χ1n) is 8.09. The molecule has 0 aliphatic heterocycles. The fourth-order valence-electron chi connectivity index (χ4n) is 2.84. The van der Waals surface area contributed by atoms with Gasteiger partial charge in [0.1, 0.15) is 5.88 Å². The van der Waals surface area contributed by atoms with E-state index < -0.39 is 10.0 Å². The molecule has 0 amide bonds. The second kappa shape index (κ2) is 6.47.